The lowest BCUT2D eigenvalue weighted by atomic mass is 9.93. The Morgan fingerprint density at radius 3 is 3.05 bits per heavy atom. The predicted molar refractivity (Wildman–Crippen MR) is 89.4 cm³/mol. The van der Waals surface area contributed by atoms with E-state index in [-0.39, 0.29) is 0 Å². The van der Waals surface area contributed by atoms with Crippen molar-refractivity contribution in [2.75, 3.05) is 6.54 Å². The summed E-state index contributed by atoms with van der Waals surface area (Å²) in [5.74, 6) is 0. The maximum atomic E-state index is 4.65. The SMILES string of the molecule is CCCNC1CCCc2c1cnn2Cc1ccccc1Br. The fourth-order valence-corrected chi connectivity index (χ4v) is 3.48. The highest BCUT2D eigenvalue weighted by molar-refractivity contribution is 9.10. The Kier molecular flexibility index (Phi) is 4.76. The van der Waals surface area contributed by atoms with Gasteiger partial charge >= 0.3 is 0 Å². The van der Waals surface area contributed by atoms with Crippen molar-refractivity contribution in [3.63, 3.8) is 0 Å². The van der Waals surface area contributed by atoms with Gasteiger partial charge < -0.3 is 5.32 Å². The molecule has 0 fully saturated rings. The highest BCUT2D eigenvalue weighted by Crippen LogP contribution is 2.30. The average Bonchev–Trinajstić information content (AvgIpc) is 2.91. The molecule has 1 aliphatic carbocycles. The molecular formula is C17H22BrN3. The van der Waals surface area contributed by atoms with E-state index in [1.807, 2.05) is 0 Å². The normalized spacial score (nSPS) is 17.7. The molecule has 4 heteroatoms. The minimum absolute atomic E-state index is 0.488. The van der Waals surface area contributed by atoms with Crippen LogP contribution in [-0.2, 0) is 13.0 Å². The van der Waals surface area contributed by atoms with Crippen LogP contribution in [0.2, 0.25) is 0 Å². The van der Waals surface area contributed by atoms with Crippen LogP contribution in [0.25, 0.3) is 0 Å². The van der Waals surface area contributed by atoms with Crippen LogP contribution >= 0.6 is 15.9 Å². The lowest BCUT2D eigenvalue weighted by Gasteiger charge is -2.24. The van der Waals surface area contributed by atoms with Gasteiger partial charge in [-0.2, -0.15) is 5.10 Å². The van der Waals surface area contributed by atoms with E-state index in [1.165, 1.54) is 36.1 Å². The van der Waals surface area contributed by atoms with Crippen LogP contribution in [0.15, 0.2) is 34.9 Å². The highest BCUT2D eigenvalue weighted by Gasteiger charge is 2.23. The number of nitrogens with zero attached hydrogens (tertiary/aromatic N) is 2. The predicted octanol–water partition coefficient (Wildman–Crippen LogP) is 4.07. The summed E-state index contributed by atoms with van der Waals surface area (Å²) in [5, 5.41) is 8.30. The molecule has 0 bridgehead atoms. The number of rotatable bonds is 5. The second kappa shape index (κ2) is 6.75. The van der Waals surface area contributed by atoms with Gasteiger partial charge in [-0.15, -0.1) is 0 Å². The lowest BCUT2D eigenvalue weighted by molar-refractivity contribution is 0.450. The zero-order valence-corrected chi connectivity index (χ0v) is 14.1. The first-order valence-corrected chi connectivity index (χ1v) is 8.60. The monoisotopic (exact) mass is 347 g/mol. The van der Waals surface area contributed by atoms with E-state index in [2.05, 4.69) is 68.4 Å². The Hall–Kier alpha value is -1.13. The van der Waals surface area contributed by atoms with Gasteiger partial charge in [-0.05, 0) is 43.9 Å². The maximum absolute atomic E-state index is 4.65. The van der Waals surface area contributed by atoms with Gasteiger partial charge in [0.05, 0.1) is 12.7 Å². The summed E-state index contributed by atoms with van der Waals surface area (Å²) in [6, 6.07) is 8.88. The number of aromatic nitrogens is 2. The molecular weight excluding hydrogens is 326 g/mol. The van der Waals surface area contributed by atoms with Gasteiger partial charge in [0.1, 0.15) is 0 Å². The molecule has 0 saturated heterocycles. The number of nitrogens with one attached hydrogen (secondary N) is 1. The molecule has 0 amide bonds. The van der Waals surface area contributed by atoms with Crippen LogP contribution in [0.5, 0.6) is 0 Å². The summed E-state index contributed by atoms with van der Waals surface area (Å²) in [6.07, 6.45) is 6.86. The number of hydrogen-bond acceptors (Lipinski definition) is 2. The van der Waals surface area contributed by atoms with Gasteiger partial charge in [-0.1, -0.05) is 41.1 Å². The quantitative estimate of drug-likeness (QED) is 0.883. The maximum Gasteiger partial charge on any atom is 0.0673 e. The molecule has 0 radical (unpaired) electrons. The molecule has 2 aromatic rings. The minimum Gasteiger partial charge on any atom is -0.310 e. The molecule has 1 N–H and O–H groups in total. The van der Waals surface area contributed by atoms with E-state index in [1.54, 1.807) is 0 Å². The highest BCUT2D eigenvalue weighted by atomic mass is 79.9. The molecule has 1 heterocycles. The molecule has 3 nitrogen and oxygen atoms in total. The van der Waals surface area contributed by atoms with Crippen molar-refractivity contribution >= 4 is 15.9 Å². The Labute approximate surface area is 134 Å². The van der Waals surface area contributed by atoms with Gasteiger partial charge in [-0.3, -0.25) is 4.68 Å². The second-order valence-corrected chi connectivity index (χ2v) is 6.55. The first-order chi connectivity index (χ1) is 10.3. The fourth-order valence-electron chi connectivity index (χ4n) is 3.07. The third kappa shape index (κ3) is 3.22. The van der Waals surface area contributed by atoms with Crippen molar-refractivity contribution in [1.29, 1.82) is 0 Å². The molecule has 1 unspecified atom stereocenters. The molecule has 21 heavy (non-hydrogen) atoms. The second-order valence-electron chi connectivity index (χ2n) is 5.69. The van der Waals surface area contributed by atoms with E-state index in [4.69, 9.17) is 0 Å². The Morgan fingerprint density at radius 2 is 2.24 bits per heavy atom. The van der Waals surface area contributed by atoms with Crippen molar-refractivity contribution in [3.8, 4) is 0 Å². The van der Waals surface area contributed by atoms with Crippen LogP contribution in [0.4, 0.5) is 0 Å². The van der Waals surface area contributed by atoms with Crippen LogP contribution in [0, 0.1) is 0 Å². The molecule has 0 spiro atoms. The summed E-state index contributed by atoms with van der Waals surface area (Å²) < 4.78 is 3.33. The summed E-state index contributed by atoms with van der Waals surface area (Å²) in [7, 11) is 0. The largest absolute Gasteiger partial charge is 0.310 e. The average molecular weight is 348 g/mol. The zero-order valence-electron chi connectivity index (χ0n) is 12.5. The number of benzene rings is 1. The summed E-state index contributed by atoms with van der Waals surface area (Å²) in [4.78, 5) is 0. The van der Waals surface area contributed by atoms with Crippen molar-refractivity contribution in [2.45, 2.75) is 45.2 Å². The van der Waals surface area contributed by atoms with Crippen molar-refractivity contribution in [1.82, 2.24) is 15.1 Å². The summed E-state index contributed by atoms with van der Waals surface area (Å²) in [5.41, 5.74) is 4.10. The molecule has 0 aliphatic heterocycles. The third-order valence-corrected chi connectivity index (χ3v) is 4.96. The van der Waals surface area contributed by atoms with Crippen molar-refractivity contribution in [2.24, 2.45) is 0 Å². The zero-order chi connectivity index (χ0) is 14.7. The van der Waals surface area contributed by atoms with E-state index in [0.29, 0.717) is 6.04 Å². The lowest BCUT2D eigenvalue weighted by Crippen LogP contribution is -2.26. The topological polar surface area (TPSA) is 29.9 Å². The number of hydrogen-bond donors (Lipinski definition) is 1. The van der Waals surface area contributed by atoms with E-state index >= 15 is 0 Å². The molecule has 3 rings (SSSR count). The molecule has 1 atom stereocenters. The molecule has 112 valence electrons. The van der Waals surface area contributed by atoms with Crippen LogP contribution in [-0.4, -0.2) is 16.3 Å². The smallest absolute Gasteiger partial charge is 0.0673 e. The third-order valence-electron chi connectivity index (χ3n) is 4.18. The van der Waals surface area contributed by atoms with E-state index < -0.39 is 0 Å². The Balaban J connectivity index is 1.82. The van der Waals surface area contributed by atoms with Gasteiger partial charge in [0.25, 0.3) is 0 Å². The first-order valence-electron chi connectivity index (χ1n) is 7.81. The van der Waals surface area contributed by atoms with Crippen LogP contribution < -0.4 is 5.32 Å². The number of fused-ring (bicyclic) bond motifs is 1. The van der Waals surface area contributed by atoms with Crippen molar-refractivity contribution in [3.05, 3.63) is 51.8 Å². The van der Waals surface area contributed by atoms with E-state index in [0.717, 1.165) is 24.0 Å². The Bertz CT molecular complexity index is 606. The van der Waals surface area contributed by atoms with Gasteiger partial charge in [0, 0.05) is 21.8 Å². The molecule has 1 aromatic heterocycles. The fraction of sp³-hybridized carbons (Fsp3) is 0.471. The Morgan fingerprint density at radius 1 is 1.38 bits per heavy atom. The molecule has 1 aliphatic rings. The first kappa shape index (κ1) is 14.8. The number of halogens is 1. The van der Waals surface area contributed by atoms with Crippen molar-refractivity contribution < 1.29 is 0 Å². The van der Waals surface area contributed by atoms with Crippen LogP contribution in [0.1, 0.15) is 49.0 Å². The van der Waals surface area contributed by atoms with Gasteiger partial charge in [0.15, 0.2) is 0 Å². The minimum atomic E-state index is 0.488. The van der Waals surface area contributed by atoms with Gasteiger partial charge in [-0.25, -0.2) is 0 Å². The molecule has 0 saturated carbocycles. The standard InChI is InChI=1S/C17H22BrN3/c1-2-10-19-16-8-5-9-17-14(16)11-20-21(17)12-13-6-3-4-7-15(13)18/h3-4,6-7,11,16,19H,2,5,8-10,12H2,1H3. The summed E-state index contributed by atoms with van der Waals surface area (Å²) >= 11 is 3.63. The van der Waals surface area contributed by atoms with E-state index in [9.17, 15) is 0 Å². The van der Waals surface area contributed by atoms with Crippen LogP contribution in [0.3, 0.4) is 0 Å². The summed E-state index contributed by atoms with van der Waals surface area (Å²) in [6.45, 7) is 4.14. The van der Waals surface area contributed by atoms with Gasteiger partial charge in [0.2, 0.25) is 0 Å². The molecule has 1 aromatic carbocycles.